The van der Waals surface area contributed by atoms with Crippen LogP contribution in [-0.2, 0) is 26.6 Å². The number of piperazine rings is 1. The van der Waals surface area contributed by atoms with Crippen molar-refractivity contribution in [1.29, 1.82) is 5.26 Å². The average molecular weight is 767 g/mol. The first kappa shape index (κ1) is 36.8. The molecule has 0 spiro atoms. The van der Waals surface area contributed by atoms with Gasteiger partial charge in [-0.3, -0.25) is 24.3 Å². The molecule has 2 bridgehead atoms. The van der Waals surface area contributed by atoms with Crippen LogP contribution in [0.25, 0.3) is 0 Å². The highest BCUT2D eigenvalue weighted by Gasteiger charge is 2.57. The van der Waals surface area contributed by atoms with Gasteiger partial charge in [0.05, 0.1) is 42.6 Å². The predicted molar refractivity (Wildman–Crippen MR) is 191 cm³/mol. The lowest BCUT2D eigenvalue weighted by Gasteiger charge is -2.60. The van der Waals surface area contributed by atoms with Gasteiger partial charge in [-0.1, -0.05) is 18.2 Å². The second kappa shape index (κ2) is 13.7. The molecule has 53 heavy (non-hydrogen) atoms. The topological polar surface area (TPSA) is 168 Å². The van der Waals surface area contributed by atoms with E-state index >= 15 is 0 Å². The molecule has 5 atom stereocenters. The van der Waals surface area contributed by atoms with Crippen LogP contribution in [0, 0.1) is 25.2 Å². The summed E-state index contributed by atoms with van der Waals surface area (Å²) in [4.78, 5) is 33.2. The van der Waals surface area contributed by atoms with Gasteiger partial charge in [0.25, 0.3) is 11.8 Å². The fourth-order valence-corrected chi connectivity index (χ4v) is 8.84. The standard InChI is InChI=1S/C36H36N4O8.CH3ClO2S/c1-17-10-19-11-23-25(13-37)40-24(29(38(23)3)27(19)33(31(17)45-5)46-15-44-4)12-22-28(34-32(47-16-48-34)18(2)30(22)41)26(40)14-39-35(42)20-8-6-7-9-21(20)36(39)43;1-5(2,3)4/h6-10,23-26,29,41H,11-12,14-16H2,1-5H3;1H3/t23?,24?,25?,26-,29-;/m0./s1. The lowest BCUT2D eigenvalue weighted by Crippen LogP contribution is -2.69. The molecule has 2 amide bonds. The van der Waals surface area contributed by atoms with Gasteiger partial charge in [-0.25, -0.2) is 8.42 Å². The number of phenols is 1. The predicted octanol–water partition coefficient (Wildman–Crippen LogP) is 3.98. The number of hydrogen-bond donors (Lipinski definition) is 1. The van der Waals surface area contributed by atoms with E-state index < -0.39 is 32.9 Å². The molecule has 5 aliphatic heterocycles. The second-order valence-electron chi connectivity index (χ2n) is 13.7. The normalized spacial score (nSPS) is 24.0. The SMILES string of the molecule is COCOc1c(OC)c(C)cc2c1[C@@H]1C3Cc4c(O)c(C)c5c(c4[C@H](CN4C(=O)c6ccccc6C4=O)N3C(C#N)C(C2)N1C)OCO5.CS(=O)(=O)Cl. The fourth-order valence-electron chi connectivity index (χ4n) is 8.84. The number of benzene rings is 3. The van der Waals surface area contributed by atoms with E-state index in [9.17, 15) is 28.4 Å². The zero-order chi connectivity index (χ0) is 38.1. The number of amides is 2. The summed E-state index contributed by atoms with van der Waals surface area (Å²) in [5.41, 5.74) is 5.42. The van der Waals surface area contributed by atoms with Gasteiger partial charge in [-0.05, 0) is 57.0 Å². The molecule has 0 aromatic heterocycles. The van der Waals surface area contributed by atoms with Gasteiger partial charge in [0.2, 0.25) is 15.8 Å². The number of rotatable bonds is 6. The Morgan fingerprint density at radius 1 is 1.02 bits per heavy atom. The molecule has 3 unspecified atom stereocenters. The van der Waals surface area contributed by atoms with Crippen molar-refractivity contribution in [3.05, 3.63) is 74.8 Å². The molecule has 0 saturated carbocycles. The number of hydrogen-bond acceptors (Lipinski definition) is 13. The Hall–Kier alpha value is -4.59. The molecule has 5 heterocycles. The Bertz CT molecular complexity index is 2150. The number of methoxy groups -OCH3 is 2. The van der Waals surface area contributed by atoms with Gasteiger partial charge < -0.3 is 28.8 Å². The highest BCUT2D eigenvalue weighted by Crippen LogP contribution is 2.58. The van der Waals surface area contributed by atoms with E-state index in [0.717, 1.165) is 22.9 Å². The van der Waals surface area contributed by atoms with Gasteiger partial charge in [0.15, 0.2) is 29.8 Å². The summed E-state index contributed by atoms with van der Waals surface area (Å²) in [7, 11) is 6.50. The molecule has 0 aliphatic carbocycles. The van der Waals surface area contributed by atoms with Crippen molar-refractivity contribution in [2.45, 2.75) is 56.9 Å². The van der Waals surface area contributed by atoms with Crippen molar-refractivity contribution >= 4 is 31.5 Å². The maximum Gasteiger partial charge on any atom is 0.261 e. The largest absolute Gasteiger partial charge is 0.507 e. The van der Waals surface area contributed by atoms with E-state index in [4.69, 9.17) is 23.7 Å². The van der Waals surface area contributed by atoms with Crippen LogP contribution in [0.2, 0.25) is 0 Å². The van der Waals surface area contributed by atoms with Crippen molar-refractivity contribution in [3.8, 4) is 34.8 Å². The number of ether oxygens (including phenoxy) is 5. The number of nitrogens with zero attached hydrogens (tertiary/aromatic N) is 4. The lowest BCUT2D eigenvalue weighted by atomic mass is 9.71. The van der Waals surface area contributed by atoms with Crippen molar-refractivity contribution in [2.24, 2.45) is 0 Å². The van der Waals surface area contributed by atoms with Crippen molar-refractivity contribution < 1.29 is 46.8 Å². The summed E-state index contributed by atoms with van der Waals surface area (Å²) >= 11 is 0. The molecule has 5 aliphatic rings. The number of carbonyl (C=O) groups excluding carboxylic acids is 2. The highest BCUT2D eigenvalue weighted by molar-refractivity contribution is 8.13. The molecule has 1 fully saturated rings. The molecule has 3 aromatic carbocycles. The molecule has 16 heteroatoms. The van der Waals surface area contributed by atoms with Gasteiger partial charge in [-0.15, -0.1) is 0 Å². The minimum atomic E-state index is -3.19. The number of aromatic hydroxyl groups is 1. The summed E-state index contributed by atoms with van der Waals surface area (Å²) in [6.07, 6.45) is 1.84. The van der Waals surface area contributed by atoms with Gasteiger partial charge >= 0.3 is 0 Å². The van der Waals surface area contributed by atoms with E-state index in [0.29, 0.717) is 63.7 Å². The summed E-state index contributed by atoms with van der Waals surface area (Å²) in [5.74, 6) is 1.37. The molecule has 280 valence electrons. The quantitative estimate of drug-likeness (QED) is 0.218. The van der Waals surface area contributed by atoms with E-state index in [2.05, 4.69) is 32.6 Å². The van der Waals surface area contributed by atoms with Crippen LogP contribution in [0.5, 0.6) is 28.7 Å². The summed E-state index contributed by atoms with van der Waals surface area (Å²) < 4.78 is 48.2. The van der Waals surface area contributed by atoms with Crippen LogP contribution < -0.4 is 18.9 Å². The summed E-state index contributed by atoms with van der Waals surface area (Å²) in [6.45, 7) is 3.69. The number of fused-ring (bicyclic) bond motifs is 10. The molecule has 8 rings (SSSR count). The molecule has 1 saturated heterocycles. The first-order valence-corrected chi connectivity index (χ1v) is 19.6. The Balaban J connectivity index is 0.000000817. The first-order chi connectivity index (χ1) is 25.2. The molecule has 1 N–H and O–H groups in total. The van der Waals surface area contributed by atoms with E-state index in [-0.39, 0.29) is 44.0 Å². The van der Waals surface area contributed by atoms with Crippen molar-refractivity contribution in [1.82, 2.24) is 14.7 Å². The smallest absolute Gasteiger partial charge is 0.261 e. The Labute approximate surface area is 311 Å². The second-order valence-corrected chi connectivity index (χ2v) is 16.8. The summed E-state index contributed by atoms with van der Waals surface area (Å²) in [5, 5.41) is 22.7. The maximum absolute atomic E-state index is 13.8. The number of carbonyl (C=O) groups is 2. The zero-order valence-corrected chi connectivity index (χ0v) is 31.6. The van der Waals surface area contributed by atoms with Gasteiger partial charge in [0.1, 0.15) is 11.8 Å². The number of imide groups is 1. The minimum Gasteiger partial charge on any atom is -0.507 e. The molecule has 3 aromatic rings. The maximum atomic E-state index is 13.8. The van der Waals surface area contributed by atoms with E-state index in [1.807, 2.05) is 14.0 Å². The van der Waals surface area contributed by atoms with Crippen molar-refractivity contribution in [3.63, 3.8) is 0 Å². The number of likely N-dealkylation sites (N-methyl/N-ethyl adjacent to an activating group) is 1. The Kier molecular flexibility index (Phi) is 9.48. The Morgan fingerprint density at radius 3 is 2.26 bits per heavy atom. The molecule has 0 radical (unpaired) electrons. The fraction of sp³-hybridized carbons (Fsp3) is 0.432. The van der Waals surface area contributed by atoms with Crippen molar-refractivity contribution in [2.75, 3.05) is 47.7 Å². The molecular formula is C37H39ClN4O10S. The number of nitriles is 1. The number of phenolic OH excluding ortho intramolecular Hbond substituents is 1. The minimum absolute atomic E-state index is 0.00990. The molecular weight excluding hydrogens is 728 g/mol. The monoisotopic (exact) mass is 766 g/mol. The zero-order valence-electron chi connectivity index (χ0n) is 30.0. The third kappa shape index (κ3) is 5.93. The van der Waals surface area contributed by atoms with Crippen LogP contribution in [-0.4, -0.2) is 106 Å². The lowest BCUT2D eigenvalue weighted by molar-refractivity contribution is -0.0766. The third-order valence-corrected chi connectivity index (χ3v) is 10.8. The van der Waals surface area contributed by atoms with E-state index in [1.165, 1.54) is 4.90 Å². The van der Waals surface area contributed by atoms with Crippen LogP contribution in [0.4, 0.5) is 0 Å². The average Bonchev–Trinajstić information content (AvgIpc) is 3.69. The number of halogens is 1. The van der Waals surface area contributed by atoms with E-state index in [1.54, 1.807) is 45.4 Å². The highest BCUT2D eigenvalue weighted by atomic mass is 35.7. The van der Waals surface area contributed by atoms with Gasteiger partial charge in [-0.2, -0.15) is 5.26 Å². The number of aryl methyl sites for hydroxylation is 1. The first-order valence-electron chi connectivity index (χ1n) is 16.9. The van der Waals surface area contributed by atoms with Crippen LogP contribution in [0.1, 0.15) is 66.2 Å². The van der Waals surface area contributed by atoms with Crippen LogP contribution in [0.3, 0.4) is 0 Å². The third-order valence-electron chi connectivity index (χ3n) is 10.8. The van der Waals surface area contributed by atoms with Crippen LogP contribution in [0.15, 0.2) is 30.3 Å². The molecule has 14 nitrogen and oxygen atoms in total. The summed E-state index contributed by atoms with van der Waals surface area (Å²) in [6, 6.07) is 9.25. The Morgan fingerprint density at radius 2 is 1.66 bits per heavy atom. The van der Waals surface area contributed by atoms with Crippen LogP contribution >= 0.6 is 10.7 Å². The van der Waals surface area contributed by atoms with Gasteiger partial charge in [0, 0.05) is 58.7 Å².